The first-order chi connectivity index (χ1) is 7.15. The van der Waals surface area contributed by atoms with Gasteiger partial charge in [-0.25, -0.2) is 9.78 Å². The molecular weight excluding hydrogens is 196 g/mol. The zero-order valence-electron chi connectivity index (χ0n) is 8.39. The number of aromatic nitrogens is 2. The first-order valence-electron chi connectivity index (χ1n) is 4.40. The van der Waals surface area contributed by atoms with Crippen molar-refractivity contribution in [3.05, 3.63) is 29.8 Å². The Hall–Kier alpha value is -2.04. The predicted molar refractivity (Wildman–Crippen MR) is 53.4 cm³/mol. The Morgan fingerprint density at radius 2 is 2.33 bits per heavy atom. The van der Waals surface area contributed by atoms with Crippen molar-refractivity contribution >= 4 is 11.5 Å². The summed E-state index contributed by atoms with van der Waals surface area (Å²) >= 11 is 0. The number of imidazole rings is 1. The fraction of sp³-hybridized carbons (Fsp3) is 0.200. The van der Waals surface area contributed by atoms with Crippen LogP contribution in [0, 0.1) is 6.92 Å². The van der Waals surface area contributed by atoms with Crippen molar-refractivity contribution in [2.45, 2.75) is 6.92 Å². The zero-order valence-corrected chi connectivity index (χ0v) is 8.39. The lowest BCUT2D eigenvalue weighted by Gasteiger charge is -2.03. The molecule has 0 saturated heterocycles. The number of carboxylic acid groups (broad SMARTS) is 1. The highest BCUT2D eigenvalue weighted by Crippen LogP contribution is 2.23. The number of pyridine rings is 1. The highest BCUT2D eigenvalue weighted by Gasteiger charge is 2.17. The minimum atomic E-state index is -1.05. The van der Waals surface area contributed by atoms with Gasteiger partial charge in [-0.05, 0) is 19.1 Å². The fourth-order valence-electron chi connectivity index (χ4n) is 1.57. The molecule has 0 saturated carbocycles. The Morgan fingerprint density at radius 1 is 1.60 bits per heavy atom. The topological polar surface area (TPSA) is 63.8 Å². The van der Waals surface area contributed by atoms with Crippen LogP contribution in [0.1, 0.15) is 16.3 Å². The average molecular weight is 206 g/mol. The van der Waals surface area contributed by atoms with Gasteiger partial charge < -0.3 is 9.84 Å². The van der Waals surface area contributed by atoms with Crippen LogP contribution >= 0.6 is 0 Å². The van der Waals surface area contributed by atoms with Crippen molar-refractivity contribution in [2.24, 2.45) is 0 Å². The van der Waals surface area contributed by atoms with Crippen LogP contribution < -0.4 is 4.74 Å². The van der Waals surface area contributed by atoms with Crippen molar-refractivity contribution in [1.29, 1.82) is 0 Å². The van der Waals surface area contributed by atoms with Crippen molar-refractivity contribution in [3.8, 4) is 5.75 Å². The lowest BCUT2D eigenvalue weighted by Crippen LogP contribution is -1.99. The van der Waals surface area contributed by atoms with E-state index in [-0.39, 0.29) is 5.69 Å². The van der Waals surface area contributed by atoms with E-state index >= 15 is 0 Å². The Kier molecular flexibility index (Phi) is 2.07. The molecule has 0 spiro atoms. The lowest BCUT2D eigenvalue weighted by molar-refractivity contribution is 0.0693. The van der Waals surface area contributed by atoms with E-state index in [4.69, 9.17) is 9.84 Å². The van der Waals surface area contributed by atoms with E-state index in [9.17, 15) is 4.79 Å². The largest absolute Gasteiger partial charge is 0.494 e. The number of carbonyl (C=O) groups is 1. The summed E-state index contributed by atoms with van der Waals surface area (Å²) in [7, 11) is 1.50. The highest BCUT2D eigenvalue weighted by molar-refractivity contribution is 5.95. The van der Waals surface area contributed by atoms with Crippen LogP contribution in [0.3, 0.4) is 0 Å². The van der Waals surface area contributed by atoms with Crippen LogP contribution in [0.15, 0.2) is 18.3 Å². The molecule has 2 aromatic heterocycles. The van der Waals surface area contributed by atoms with Gasteiger partial charge in [0.25, 0.3) is 0 Å². The van der Waals surface area contributed by atoms with Crippen LogP contribution in [0.25, 0.3) is 5.52 Å². The first kappa shape index (κ1) is 9.51. The van der Waals surface area contributed by atoms with Gasteiger partial charge in [0.2, 0.25) is 0 Å². The maximum Gasteiger partial charge on any atom is 0.356 e. The predicted octanol–water partition coefficient (Wildman–Crippen LogP) is 1.35. The molecule has 5 heteroatoms. The van der Waals surface area contributed by atoms with Gasteiger partial charge in [-0.1, -0.05) is 0 Å². The molecule has 0 bridgehead atoms. The molecule has 0 aliphatic heterocycles. The number of hydrogen-bond donors (Lipinski definition) is 1. The molecule has 0 unspecified atom stereocenters. The minimum Gasteiger partial charge on any atom is -0.494 e. The average Bonchev–Trinajstić information content (AvgIpc) is 2.56. The second-order valence-corrected chi connectivity index (χ2v) is 3.11. The third-order valence-electron chi connectivity index (χ3n) is 2.23. The summed E-state index contributed by atoms with van der Waals surface area (Å²) in [6, 6.07) is 3.50. The van der Waals surface area contributed by atoms with Crippen LogP contribution in [0.2, 0.25) is 0 Å². The highest BCUT2D eigenvalue weighted by atomic mass is 16.5. The molecule has 78 valence electrons. The molecule has 0 amide bonds. The van der Waals surface area contributed by atoms with Gasteiger partial charge >= 0.3 is 5.97 Å². The molecule has 0 aliphatic rings. The van der Waals surface area contributed by atoms with Gasteiger partial charge in [0.15, 0.2) is 5.69 Å². The second kappa shape index (κ2) is 3.27. The summed E-state index contributed by atoms with van der Waals surface area (Å²) < 4.78 is 6.80. The van der Waals surface area contributed by atoms with E-state index in [1.807, 2.05) is 0 Å². The molecule has 0 aliphatic carbocycles. The quantitative estimate of drug-likeness (QED) is 0.805. The van der Waals surface area contributed by atoms with E-state index in [0.717, 1.165) is 0 Å². The Bertz CT molecular complexity index is 531. The summed E-state index contributed by atoms with van der Waals surface area (Å²) in [6.07, 6.45) is 1.76. The molecule has 1 N–H and O–H groups in total. The normalized spacial score (nSPS) is 10.5. The van der Waals surface area contributed by atoms with E-state index < -0.39 is 5.97 Å². The maximum absolute atomic E-state index is 11.0. The van der Waals surface area contributed by atoms with Gasteiger partial charge in [0, 0.05) is 6.20 Å². The number of ether oxygens (including phenoxy) is 1. The number of aryl methyl sites for hydroxylation is 1. The van der Waals surface area contributed by atoms with Crippen LogP contribution in [0.4, 0.5) is 0 Å². The van der Waals surface area contributed by atoms with Gasteiger partial charge in [0.1, 0.15) is 17.1 Å². The molecular formula is C10H10N2O3. The van der Waals surface area contributed by atoms with Crippen LogP contribution in [-0.4, -0.2) is 27.6 Å². The minimum absolute atomic E-state index is 0.0185. The molecule has 0 radical (unpaired) electrons. The number of rotatable bonds is 2. The van der Waals surface area contributed by atoms with Crippen LogP contribution in [0.5, 0.6) is 5.75 Å². The van der Waals surface area contributed by atoms with Crippen molar-refractivity contribution in [2.75, 3.05) is 7.11 Å². The van der Waals surface area contributed by atoms with Crippen molar-refractivity contribution in [1.82, 2.24) is 9.38 Å². The Labute approximate surface area is 85.9 Å². The van der Waals surface area contributed by atoms with E-state index in [1.165, 1.54) is 7.11 Å². The number of carboxylic acids is 1. The zero-order chi connectivity index (χ0) is 11.0. The standard InChI is InChI=1S/C10H10N2O3/c1-6-11-8(10(13)14)9-7(15-2)4-3-5-12(6)9/h3-5H,1-2H3,(H,13,14). The summed E-state index contributed by atoms with van der Waals surface area (Å²) in [5.41, 5.74) is 0.509. The third-order valence-corrected chi connectivity index (χ3v) is 2.23. The van der Waals surface area contributed by atoms with E-state index in [2.05, 4.69) is 4.98 Å². The van der Waals surface area contributed by atoms with Gasteiger partial charge in [0.05, 0.1) is 7.11 Å². The Balaban J connectivity index is 2.88. The summed E-state index contributed by atoms with van der Waals surface area (Å²) in [4.78, 5) is 14.9. The monoisotopic (exact) mass is 206 g/mol. The van der Waals surface area contributed by atoms with Gasteiger partial charge in [-0.3, -0.25) is 4.40 Å². The maximum atomic E-state index is 11.0. The third kappa shape index (κ3) is 1.32. The molecule has 2 rings (SSSR count). The molecule has 0 atom stereocenters. The molecule has 15 heavy (non-hydrogen) atoms. The number of methoxy groups -OCH3 is 1. The number of nitrogens with zero attached hydrogens (tertiary/aromatic N) is 2. The summed E-state index contributed by atoms with van der Waals surface area (Å²) in [5.74, 6) is 0.0851. The summed E-state index contributed by atoms with van der Waals surface area (Å²) in [5, 5.41) is 8.98. The second-order valence-electron chi connectivity index (χ2n) is 3.11. The number of aromatic carboxylic acids is 1. The van der Waals surface area contributed by atoms with E-state index in [0.29, 0.717) is 17.1 Å². The van der Waals surface area contributed by atoms with E-state index in [1.54, 1.807) is 29.7 Å². The summed E-state index contributed by atoms with van der Waals surface area (Å²) in [6.45, 7) is 1.75. The van der Waals surface area contributed by atoms with Crippen LogP contribution in [-0.2, 0) is 0 Å². The lowest BCUT2D eigenvalue weighted by atomic mass is 10.3. The number of fused-ring (bicyclic) bond motifs is 1. The van der Waals surface area contributed by atoms with Gasteiger partial charge in [-0.2, -0.15) is 0 Å². The van der Waals surface area contributed by atoms with Gasteiger partial charge in [-0.15, -0.1) is 0 Å². The molecule has 5 nitrogen and oxygen atoms in total. The van der Waals surface area contributed by atoms with Crippen molar-refractivity contribution in [3.63, 3.8) is 0 Å². The fourth-order valence-corrected chi connectivity index (χ4v) is 1.57. The molecule has 2 aromatic rings. The first-order valence-corrected chi connectivity index (χ1v) is 4.40. The van der Waals surface area contributed by atoms with Crippen molar-refractivity contribution < 1.29 is 14.6 Å². The molecule has 0 fully saturated rings. The number of hydrogen-bond acceptors (Lipinski definition) is 3. The Morgan fingerprint density at radius 3 is 2.93 bits per heavy atom. The SMILES string of the molecule is COc1cccn2c(C)nc(C(=O)O)c12. The smallest absolute Gasteiger partial charge is 0.356 e. The molecule has 2 heterocycles. The molecule has 0 aromatic carbocycles.